The fourth-order valence-corrected chi connectivity index (χ4v) is 1.98. The second kappa shape index (κ2) is 8.03. The second-order valence-electron chi connectivity index (χ2n) is 4.13. The van der Waals surface area contributed by atoms with E-state index in [0.29, 0.717) is 5.92 Å². The van der Waals surface area contributed by atoms with Gasteiger partial charge in [0.15, 0.2) is 0 Å². The summed E-state index contributed by atoms with van der Waals surface area (Å²) in [5.41, 5.74) is 1.42. The van der Waals surface area contributed by atoms with Crippen LogP contribution in [0.25, 0.3) is 0 Å². The molecule has 1 N–H and O–H groups in total. The van der Waals surface area contributed by atoms with Crippen LogP contribution < -0.4 is 5.32 Å². The summed E-state index contributed by atoms with van der Waals surface area (Å²) in [6.07, 6.45) is 1.14. The average molecular weight is 333 g/mol. The van der Waals surface area contributed by atoms with E-state index < -0.39 is 0 Å². The molecule has 0 aromatic heterocycles. The maximum atomic E-state index is 4.99. The minimum atomic E-state index is 0.664. The lowest BCUT2D eigenvalue weighted by atomic mass is 10.0. The first-order valence-corrected chi connectivity index (χ1v) is 6.74. The van der Waals surface area contributed by atoms with Crippen molar-refractivity contribution in [2.24, 2.45) is 5.92 Å². The quantitative estimate of drug-likeness (QED) is 0.612. The van der Waals surface area contributed by atoms with Gasteiger partial charge in [-0.3, -0.25) is 0 Å². The molecule has 0 aliphatic heterocycles. The van der Waals surface area contributed by atoms with Gasteiger partial charge in [0.25, 0.3) is 0 Å². The molecule has 2 nitrogen and oxygen atoms in total. The molecule has 0 saturated heterocycles. The number of benzene rings is 1. The molecule has 1 aromatic rings. The number of halogens is 1. The molecule has 0 aliphatic carbocycles. The van der Waals surface area contributed by atoms with Crippen molar-refractivity contribution in [3.63, 3.8) is 0 Å². The lowest BCUT2D eigenvalue weighted by molar-refractivity contribution is 0.198. The second-order valence-corrected chi connectivity index (χ2v) is 5.38. The number of hydrogen-bond acceptors (Lipinski definition) is 2. The Morgan fingerprint density at radius 1 is 1.31 bits per heavy atom. The van der Waals surface area contributed by atoms with Crippen LogP contribution in [0.15, 0.2) is 24.3 Å². The van der Waals surface area contributed by atoms with Crippen LogP contribution in [0.3, 0.4) is 0 Å². The Labute approximate surface area is 112 Å². The van der Waals surface area contributed by atoms with Crippen molar-refractivity contribution in [3.05, 3.63) is 33.4 Å². The van der Waals surface area contributed by atoms with Crippen LogP contribution in [0.4, 0.5) is 0 Å². The molecule has 0 amide bonds. The summed E-state index contributed by atoms with van der Waals surface area (Å²) in [5, 5.41) is 3.39. The van der Waals surface area contributed by atoms with E-state index in [9.17, 15) is 0 Å². The van der Waals surface area contributed by atoms with Gasteiger partial charge in [0.05, 0.1) is 6.61 Å². The van der Waals surface area contributed by atoms with Crippen molar-refractivity contribution >= 4 is 22.6 Å². The SMILES string of the molecule is COCCNCC(C)Cc1ccc(I)cc1. The fourth-order valence-electron chi connectivity index (χ4n) is 1.62. The maximum absolute atomic E-state index is 4.99. The van der Waals surface area contributed by atoms with Gasteiger partial charge in [-0.25, -0.2) is 0 Å². The van der Waals surface area contributed by atoms with Gasteiger partial charge < -0.3 is 10.1 Å². The van der Waals surface area contributed by atoms with Crippen molar-refractivity contribution in [1.82, 2.24) is 5.32 Å². The van der Waals surface area contributed by atoms with Crippen LogP contribution in [-0.2, 0) is 11.2 Å². The van der Waals surface area contributed by atoms with Crippen LogP contribution >= 0.6 is 22.6 Å². The summed E-state index contributed by atoms with van der Waals surface area (Å²) in [5.74, 6) is 0.664. The number of ether oxygens (including phenoxy) is 1. The monoisotopic (exact) mass is 333 g/mol. The Bertz CT molecular complexity index is 286. The molecule has 1 rings (SSSR count). The van der Waals surface area contributed by atoms with E-state index in [2.05, 4.69) is 59.1 Å². The number of nitrogens with one attached hydrogen (secondary N) is 1. The molecule has 90 valence electrons. The predicted octanol–water partition coefficient (Wildman–Crippen LogP) is 2.71. The van der Waals surface area contributed by atoms with E-state index in [4.69, 9.17) is 4.74 Å². The summed E-state index contributed by atoms with van der Waals surface area (Å²) < 4.78 is 6.29. The lowest BCUT2D eigenvalue weighted by Crippen LogP contribution is -2.25. The molecule has 1 atom stereocenters. The lowest BCUT2D eigenvalue weighted by Gasteiger charge is -2.12. The summed E-state index contributed by atoms with van der Waals surface area (Å²) in [4.78, 5) is 0. The molecule has 0 bridgehead atoms. The van der Waals surface area contributed by atoms with Gasteiger partial charge in [-0.15, -0.1) is 0 Å². The van der Waals surface area contributed by atoms with Gasteiger partial charge in [0, 0.05) is 17.2 Å². The van der Waals surface area contributed by atoms with Crippen molar-refractivity contribution in [2.45, 2.75) is 13.3 Å². The molecule has 0 fully saturated rings. The first kappa shape index (κ1) is 13.9. The summed E-state index contributed by atoms with van der Waals surface area (Å²) in [7, 11) is 1.73. The third-order valence-corrected chi connectivity index (χ3v) is 3.19. The molecule has 0 radical (unpaired) electrons. The van der Waals surface area contributed by atoms with Crippen LogP contribution in [0.1, 0.15) is 12.5 Å². The Kier molecular flexibility index (Phi) is 7.00. The summed E-state index contributed by atoms with van der Waals surface area (Å²) >= 11 is 2.34. The number of hydrogen-bond donors (Lipinski definition) is 1. The smallest absolute Gasteiger partial charge is 0.0587 e. The van der Waals surface area contributed by atoms with Crippen molar-refractivity contribution in [3.8, 4) is 0 Å². The van der Waals surface area contributed by atoms with Crippen molar-refractivity contribution in [2.75, 3.05) is 26.8 Å². The van der Waals surface area contributed by atoms with Gasteiger partial charge in [-0.05, 0) is 59.2 Å². The zero-order valence-corrected chi connectivity index (χ0v) is 12.2. The standard InChI is InChI=1S/C13H20INO/c1-11(10-15-7-8-16-2)9-12-3-5-13(14)6-4-12/h3-6,11,15H,7-10H2,1-2H3. The Morgan fingerprint density at radius 3 is 2.62 bits per heavy atom. The largest absolute Gasteiger partial charge is 0.383 e. The molecule has 3 heteroatoms. The van der Waals surface area contributed by atoms with Crippen LogP contribution in [0.5, 0.6) is 0 Å². The zero-order chi connectivity index (χ0) is 11.8. The van der Waals surface area contributed by atoms with Crippen LogP contribution in [-0.4, -0.2) is 26.8 Å². The third kappa shape index (κ3) is 5.82. The molecular formula is C13H20INO. The maximum Gasteiger partial charge on any atom is 0.0587 e. The van der Waals surface area contributed by atoms with Crippen LogP contribution in [0, 0.1) is 9.49 Å². The number of rotatable bonds is 7. The first-order chi connectivity index (χ1) is 7.72. The van der Waals surface area contributed by atoms with E-state index in [1.54, 1.807) is 7.11 Å². The molecule has 0 saturated carbocycles. The highest BCUT2D eigenvalue weighted by molar-refractivity contribution is 14.1. The van der Waals surface area contributed by atoms with E-state index >= 15 is 0 Å². The number of methoxy groups -OCH3 is 1. The Morgan fingerprint density at radius 2 is 2.00 bits per heavy atom. The Balaban J connectivity index is 2.23. The molecule has 1 unspecified atom stereocenters. The van der Waals surface area contributed by atoms with Gasteiger partial charge in [-0.1, -0.05) is 19.1 Å². The predicted molar refractivity (Wildman–Crippen MR) is 76.8 cm³/mol. The van der Waals surface area contributed by atoms with Crippen molar-refractivity contribution in [1.29, 1.82) is 0 Å². The Hall–Kier alpha value is -0.130. The molecule has 1 aromatic carbocycles. The zero-order valence-electron chi connectivity index (χ0n) is 10.0. The molecule has 0 spiro atoms. The summed E-state index contributed by atoms with van der Waals surface area (Å²) in [6, 6.07) is 8.77. The molecule has 0 aliphatic rings. The highest BCUT2D eigenvalue weighted by Crippen LogP contribution is 2.11. The van der Waals surface area contributed by atoms with Gasteiger partial charge in [-0.2, -0.15) is 0 Å². The summed E-state index contributed by atoms with van der Waals surface area (Å²) in [6.45, 7) is 5.05. The molecule has 16 heavy (non-hydrogen) atoms. The average Bonchev–Trinajstić information content (AvgIpc) is 2.28. The minimum Gasteiger partial charge on any atom is -0.383 e. The fraction of sp³-hybridized carbons (Fsp3) is 0.538. The van der Waals surface area contributed by atoms with Gasteiger partial charge in [0.2, 0.25) is 0 Å². The highest BCUT2D eigenvalue weighted by atomic mass is 127. The van der Waals surface area contributed by atoms with Gasteiger partial charge >= 0.3 is 0 Å². The molecular weight excluding hydrogens is 313 g/mol. The van der Waals surface area contributed by atoms with E-state index in [1.807, 2.05) is 0 Å². The van der Waals surface area contributed by atoms with Gasteiger partial charge in [0.1, 0.15) is 0 Å². The highest BCUT2D eigenvalue weighted by Gasteiger charge is 2.02. The topological polar surface area (TPSA) is 21.3 Å². The molecule has 0 heterocycles. The minimum absolute atomic E-state index is 0.664. The third-order valence-electron chi connectivity index (χ3n) is 2.47. The van der Waals surface area contributed by atoms with Crippen molar-refractivity contribution < 1.29 is 4.74 Å². The van der Waals surface area contributed by atoms with E-state index in [-0.39, 0.29) is 0 Å². The van der Waals surface area contributed by atoms with E-state index in [0.717, 1.165) is 26.1 Å². The van der Waals surface area contributed by atoms with Crippen LogP contribution in [0.2, 0.25) is 0 Å². The van der Waals surface area contributed by atoms with E-state index in [1.165, 1.54) is 9.13 Å². The first-order valence-electron chi connectivity index (χ1n) is 5.66. The normalized spacial score (nSPS) is 12.7.